The highest BCUT2D eigenvalue weighted by atomic mass is 31.2. The molecule has 0 amide bonds. The molecule has 0 bridgehead atoms. The van der Waals surface area contributed by atoms with E-state index in [1.807, 2.05) is 30.3 Å². The van der Waals surface area contributed by atoms with Crippen LogP contribution in [0.1, 0.15) is 39.0 Å². The van der Waals surface area contributed by atoms with E-state index in [2.05, 4.69) is 5.32 Å². The Kier molecular flexibility index (Phi) is 6.77. The molecule has 2 aromatic rings. The van der Waals surface area contributed by atoms with Crippen LogP contribution in [0.15, 0.2) is 54.6 Å². The smallest absolute Gasteiger partial charge is 0.357 e. The molecule has 2 aromatic carbocycles. The van der Waals surface area contributed by atoms with Gasteiger partial charge in [-0.25, -0.2) is 4.39 Å². The summed E-state index contributed by atoms with van der Waals surface area (Å²) >= 11 is 0. The first-order valence-corrected chi connectivity index (χ1v) is 9.95. The number of rotatable bonds is 8. The van der Waals surface area contributed by atoms with Gasteiger partial charge in [0.25, 0.3) is 0 Å². The molecule has 0 aromatic heterocycles. The van der Waals surface area contributed by atoms with E-state index >= 15 is 0 Å². The number of para-hydroxylation sites is 1. The topological polar surface area (TPSA) is 47.6 Å². The van der Waals surface area contributed by atoms with Crippen molar-refractivity contribution in [1.82, 2.24) is 0 Å². The van der Waals surface area contributed by atoms with Crippen LogP contribution in [0.5, 0.6) is 0 Å². The summed E-state index contributed by atoms with van der Waals surface area (Å²) in [5.74, 6) is -1.42. The number of anilines is 1. The van der Waals surface area contributed by atoms with Gasteiger partial charge in [0, 0.05) is 11.3 Å². The Labute approximate surface area is 148 Å². The lowest BCUT2D eigenvalue weighted by Gasteiger charge is -2.31. The molecule has 2 rings (SSSR count). The minimum Gasteiger partial charge on any atom is -0.368 e. The Hall–Kier alpha value is -1.68. The highest BCUT2D eigenvalue weighted by Crippen LogP contribution is 2.62. The van der Waals surface area contributed by atoms with Gasteiger partial charge in [-0.1, -0.05) is 36.4 Å². The fourth-order valence-corrected chi connectivity index (χ4v) is 4.78. The van der Waals surface area contributed by atoms with Crippen molar-refractivity contribution in [3.05, 3.63) is 66.0 Å². The largest absolute Gasteiger partial charge is 0.368 e. The summed E-state index contributed by atoms with van der Waals surface area (Å²) in [4.78, 5) is 0. The van der Waals surface area contributed by atoms with Gasteiger partial charge in [-0.3, -0.25) is 4.57 Å². The molecular weight excluding hydrogens is 340 g/mol. The summed E-state index contributed by atoms with van der Waals surface area (Å²) in [7, 11) is -3.71. The molecule has 0 unspecified atom stereocenters. The van der Waals surface area contributed by atoms with Gasteiger partial charge in [-0.05, 0) is 45.9 Å². The molecule has 0 saturated carbocycles. The van der Waals surface area contributed by atoms with Crippen LogP contribution in [0, 0.1) is 5.82 Å². The fraction of sp³-hybridized carbons (Fsp3) is 0.368. The third-order valence-corrected chi connectivity index (χ3v) is 5.78. The summed E-state index contributed by atoms with van der Waals surface area (Å²) in [6.07, 6.45) is -0.673. The second-order valence-electron chi connectivity index (χ2n) is 6.28. The van der Waals surface area contributed by atoms with Crippen LogP contribution < -0.4 is 5.32 Å². The Morgan fingerprint density at radius 1 is 0.880 bits per heavy atom. The van der Waals surface area contributed by atoms with Gasteiger partial charge < -0.3 is 14.4 Å². The third-order valence-electron chi connectivity index (χ3n) is 3.31. The molecule has 1 atom stereocenters. The zero-order valence-electron chi connectivity index (χ0n) is 15.0. The van der Waals surface area contributed by atoms with Gasteiger partial charge in [0.2, 0.25) is 0 Å². The standard InChI is InChI=1S/C19H25FNO3P/c1-14(2)23-25(22,24-15(3)4)19(17-12-8-9-13-18(17)20)21-16-10-6-5-7-11-16/h5-15,19,21H,1-4H3/t19-/m0/s1. The molecule has 6 heteroatoms. The summed E-state index contributed by atoms with van der Waals surface area (Å²) in [6, 6.07) is 15.4. The molecule has 25 heavy (non-hydrogen) atoms. The fourth-order valence-electron chi connectivity index (χ4n) is 2.45. The van der Waals surface area contributed by atoms with Crippen molar-refractivity contribution in [3.63, 3.8) is 0 Å². The quantitative estimate of drug-likeness (QED) is 0.585. The van der Waals surface area contributed by atoms with Crippen molar-refractivity contribution in [3.8, 4) is 0 Å². The summed E-state index contributed by atoms with van der Waals surface area (Å²) in [5.41, 5.74) is 0.951. The van der Waals surface area contributed by atoms with E-state index in [4.69, 9.17) is 9.05 Å². The summed E-state index contributed by atoms with van der Waals surface area (Å²) in [5, 5.41) is 3.13. The number of hydrogen-bond acceptors (Lipinski definition) is 4. The van der Waals surface area contributed by atoms with Gasteiger partial charge in [0.15, 0.2) is 5.78 Å². The van der Waals surface area contributed by atoms with Gasteiger partial charge in [-0.15, -0.1) is 0 Å². The van der Waals surface area contributed by atoms with Crippen LogP contribution >= 0.6 is 7.60 Å². The Balaban J connectivity index is 2.51. The van der Waals surface area contributed by atoms with Crippen molar-refractivity contribution in [2.45, 2.75) is 45.7 Å². The molecule has 0 heterocycles. The first-order chi connectivity index (χ1) is 11.8. The SMILES string of the molecule is CC(C)OP(=O)(OC(C)C)[C@H](Nc1ccccc1)c1ccccc1F. The molecule has 0 saturated heterocycles. The van der Waals surface area contributed by atoms with Crippen LogP contribution in [0.25, 0.3) is 0 Å². The Morgan fingerprint density at radius 3 is 1.92 bits per heavy atom. The molecule has 0 aliphatic carbocycles. The highest BCUT2D eigenvalue weighted by Gasteiger charge is 2.40. The Morgan fingerprint density at radius 2 is 1.40 bits per heavy atom. The molecule has 136 valence electrons. The molecular formula is C19H25FNO3P. The second-order valence-corrected chi connectivity index (χ2v) is 8.30. The number of hydrogen-bond donors (Lipinski definition) is 1. The maximum atomic E-state index is 14.5. The first kappa shape index (κ1) is 19.6. The number of nitrogens with one attached hydrogen (secondary N) is 1. The zero-order chi connectivity index (χ0) is 18.4. The molecule has 1 N–H and O–H groups in total. The summed E-state index contributed by atoms with van der Waals surface area (Å²) in [6.45, 7) is 7.10. The van der Waals surface area contributed by atoms with Gasteiger partial charge in [0.05, 0.1) is 12.2 Å². The van der Waals surface area contributed by atoms with Crippen molar-refractivity contribution < 1.29 is 18.0 Å². The van der Waals surface area contributed by atoms with Crippen LogP contribution in [-0.2, 0) is 13.6 Å². The van der Waals surface area contributed by atoms with E-state index < -0.39 is 19.2 Å². The predicted octanol–water partition coefficient (Wildman–Crippen LogP) is 5.98. The zero-order valence-corrected chi connectivity index (χ0v) is 15.9. The highest BCUT2D eigenvalue weighted by molar-refractivity contribution is 7.54. The van der Waals surface area contributed by atoms with E-state index in [9.17, 15) is 8.96 Å². The number of halogens is 1. The average Bonchev–Trinajstić information content (AvgIpc) is 2.53. The van der Waals surface area contributed by atoms with Crippen LogP contribution in [0.2, 0.25) is 0 Å². The van der Waals surface area contributed by atoms with E-state index in [0.29, 0.717) is 5.69 Å². The lowest BCUT2D eigenvalue weighted by Crippen LogP contribution is -2.20. The average molecular weight is 365 g/mol. The molecule has 0 spiro atoms. The minimum atomic E-state index is -3.71. The number of benzene rings is 2. The maximum Gasteiger partial charge on any atom is 0.357 e. The van der Waals surface area contributed by atoms with Gasteiger partial charge in [0.1, 0.15) is 5.82 Å². The summed E-state index contributed by atoms with van der Waals surface area (Å²) < 4.78 is 39.5. The van der Waals surface area contributed by atoms with E-state index in [-0.39, 0.29) is 17.8 Å². The Bertz CT molecular complexity index is 708. The van der Waals surface area contributed by atoms with Crippen LogP contribution in [0.4, 0.5) is 10.1 Å². The molecule has 4 nitrogen and oxygen atoms in total. The van der Waals surface area contributed by atoms with Crippen molar-refractivity contribution in [2.24, 2.45) is 0 Å². The molecule has 0 fully saturated rings. The second kappa shape index (κ2) is 8.61. The van der Waals surface area contributed by atoms with E-state index in [0.717, 1.165) is 0 Å². The molecule has 0 radical (unpaired) electrons. The lowest BCUT2D eigenvalue weighted by molar-refractivity contribution is 0.137. The monoisotopic (exact) mass is 365 g/mol. The molecule has 0 aliphatic rings. The normalized spacial score (nSPS) is 13.2. The van der Waals surface area contributed by atoms with Gasteiger partial charge in [-0.2, -0.15) is 0 Å². The first-order valence-electron chi connectivity index (χ1n) is 8.34. The maximum absolute atomic E-state index is 14.5. The third kappa shape index (κ3) is 5.40. The lowest BCUT2D eigenvalue weighted by atomic mass is 10.2. The van der Waals surface area contributed by atoms with Crippen molar-refractivity contribution in [2.75, 3.05) is 5.32 Å². The molecule has 0 aliphatic heterocycles. The predicted molar refractivity (Wildman–Crippen MR) is 99.3 cm³/mol. The van der Waals surface area contributed by atoms with E-state index in [1.165, 1.54) is 6.07 Å². The van der Waals surface area contributed by atoms with Crippen LogP contribution in [-0.4, -0.2) is 12.2 Å². The van der Waals surface area contributed by atoms with Gasteiger partial charge >= 0.3 is 7.60 Å². The minimum absolute atomic E-state index is 0.246. The van der Waals surface area contributed by atoms with E-state index in [1.54, 1.807) is 45.9 Å². The van der Waals surface area contributed by atoms with Crippen LogP contribution in [0.3, 0.4) is 0 Å². The van der Waals surface area contributed by atoms with Crippen molar-refractivity contribution >= 4 is 13.3 Å². The van der Waals surface area contributed by atoms with Crippen molar-refractivity contribution in [1.29, 1.82) is 0 Å².